The van der Waals surface area contributed by atoms with Gasteiger partial charge in [0.05, 0.1) is 12.8 Å². The lowest BCUT2D eigenvalue weighted by Crippen LogP contribution is -2.23. The van der Waals surface area contributed by atoms with Crippen LogP contribution in [-0.2, 0) is 0 Å². The first-order valence-electron chi connectivity index (χ1n) is 8.70. The van der Waals surface area contributed by atoms with Crippen molar-refractivity contribution in [3.8, 4) is 10.9 Å². The van der Waals surface area contributed by atoms with Crippen molar-refractivity contribution in [1.82, 2.24) is 20.0 Å². The van der Waals surface area contributed by atoms with Gasteiger partial charge in [-0.15, -0.1) is 10.2 Å². The predicted molar refractivity (Wildman–Crippen MR) is 103 cm³/mol. The molecule has 0 unspecified atom stereocenters. The number of rotatable bonds is 5. The zero-order chi connectivity index (χ0) is 19.7. The third-order valence-electron chi connectivity index (χ3n) is 4.41. The van der Waals surface area contributed by atoms with Crippen LogP contribution in [0, 0.1) is 6.92 Å². The molecule has 0 atom stereocenters. The number of nitrogens with zero attached hydrogens (tertiary/aromatic N) is 5. The van der Waals surface area contributed by atoms with Crippen LogP contribution >= 0.6 is 11.3 Å². The fourth-order valence-electron chi connectivity index (χ4n) is 3.04. The maximum Gasteiger partial charge on any atom is 0.381 e. The number of methoxy groups -OCH3 is 1. The summed E-state index contributed by atoms with van der Waals surface area (Å²) in [5.41, 5.74) is 0.763. The van der Waals surface area contributed by atoms with Gasteiger partial charge in [-0.2, -0.15) is 5.10 Å². The number of ether oxygens (including phenoxy) is 1. The molecule has 0 radical (unpaired) electrons. The van der Waals surface area contributed by atoms with Crippen molar-refractivity contribution in [2.75, 3.05) is 30.4 Å². The Balaban J connectivity index is 1.59. The molecule has 3 aromatic rings. The molecule has 0 spiro atoms. The van der Waals surface area contributed by atoms with Gasteiger partial charge < -0.3 is 14.1 Å². The number of hydrogen-bond donors (Lipinski definition) is 1. The van der Waals surface area contributed by atoms with E-state index in [0.29, 0.717) is 10.8 Å². The highest BCUT2D eigenvalue weighted by Crippen LogP contribution is 2.29. The van der Waals surface area contributed by atoms with Gasteiger partial charge >= 0.3 is 5.63 Å². The SMILES string of the molecule is COc1c(N2CCCC2)cc(C(=O)Nc2nnc(-n3nccc3C)s2)oc1=O. The molecule has 4 heterocycles. The number of hydrogen-bond acceptors (Lipinski definition) is 9. The quantitative estimate of drug-likeness (QED) is 0.687. The van der Waals surface area contributed by atoms with Crippen LogP contribution in [0.3, 0.4) is 0 Å². The number of carbonyl (C=O) groups excluding carboxylic acids is 1. The fourth-order valence-corrected chi connectivity index (χ4v) is 3.80. The maximum atomic E-state index is 12.6. The summed E-state index contributed by atoms with van der Waals surface area (Å²) >= 11 is 1.16. The Morgan fingerprint density at radius 1 is 1.32 bits per heavy atom. The van der Waals surface area contributed by atoms with E-state index in [4.69, 9.17) is 9.15 Å². The van der Waals surface area contributed by atoms with Crippen molar-refractivity contribution in [1.29, 1.82) is 0 Å². The maximum absolute atomic E-state index is 12.6. The third-order valence-corrected chi connectivity index (χ3v) is 5.23. The van der Waals surface area contributed by atoms with Crippen LogP contribution in [-0.4, -0.2) is 46.1 Å². The molecule has 28 heavy (non-hydrogen) atoms. The lowest BCUT2D eigenvalue weighted by molar-refractivity contribution is 0.0991. The van der Waals surface area contributed by atoms with E-state index in [9.17, 15) is 9.59 Å². The summed E-state index contributed by atoms with van der Waals surface area (Å²) in [4.78, 5) is 26.9. The van der Waals surface area contributed by atoms with E-state index in [1.54, 1.807) is 10.9 Å². The number of aryl methyl sites for hydroxylation is 1. The molecule has 0 aliphatic carbocycles. The van der Waals surface area contributed by atoms with Crippen molar-refractivity contribution in [3.63, 3.8) is 0 Å². The molecule has 0 aromatic carbocycles. The molecule has 1 amide bonds. The van der Waals surface area contributed by atoms with E-state index < -0.39 is 11.5 Å². The van der Waals surface area contributed by atoms with E-state index in [0.717, 1.165) is 43.0 Å². The highest BCUT2D eigenvalue weighted by Gasteiger charge is 2.24. The largest absolute Gasteiger partial charge is 0.488 e. The van der Waals surface area contributed by atoms with E-state index in [1.807, 2.05) is 17.9 Å². The molecule has 1 fully saturated rings. The summed E-state index contributed by atoms with van der Waals surface area (Å²) in [5, 5.41) is 15.5. The summed E-state index contributed by atoms with van der Waals surface area (Å²) in [7, 11) is 1.41. The lowest BCUT2D eigenvalue weighted by atomic mass is 10.3. The average Bonchev–Trinajstić information content (AvgIpc) is 3.42. The molecule has 1 N–H and O–H groups in total. The molecule has 11 heteroatoms. The first-order chi connectivity index (χ1) is 13.6. The van der Waals surface area contributed by atoms with Crippen LogP contribution in [0.5, 0.6) is 5.75 Å². The van der Waals surface area contributed by atoms with Crippen molar-refractivity contribution >= 4 is 28.1 Å². The van der Waals surface area contributed by atoms with Crippen LogP contribution in [0.4, 0.5) is 10.8 Å². The molecule has 1 saturated heterocycles. The molecule has 1 aliphatic rings. The van der Waals surface area contributed by atoms with Gasteiger partial charge in [0.15, 0.2) is 5.76 Å². The summed E-state index contributed by atoms with van der Waals surface area (Å²) in [6.07, 6.45) is 3.69. The minimum Gasteiger partial charge on any atom is -0.488 e. The Kier molecular flexibility index (Phi) is 4.82. The Bertz CT molecular complexity index is 1070. The minimum absolute atomic E-state index is 0.103. The predicted octanol–water partition coefficient (Wildman–Crippen LogP) is 1.85. The highest BCUT2D eigenvalue weighted by molar-refractivity contribution is 7.17. The van der Waals surface area contributed by atoms with Crippen LogP contribution in [0.2, 0.25) is 0 Å². The minimum atomic E-state index is -0.692. The zero-order valence-corrected chi connectivity index (χ0v) is 16.2. The molecule has 4 rings (SSSR count). The molecule has 1 aliphatic heterocycles. The highest BCUT2D eigenvalue weighted by atomic mass is 32.1. The van der Waals surface area contributed by atoms with Crippen molar-refractivity contribution in [3.05, 3.63) is 40.2 Å². The van der Waals surface area contributed by atoms with E-state index >= 15 is 0 Å². The standard InChI is InChI=1S/C17H18N6O4S/c1-10-5-6-18-23(10)17-21-20-16(28-17)19-14(24)12-9-11(22-7-3-4-8-22)13(26-2)15(25)27-12/h5-6,9H,3-4,7-8H2,1-2H3,(H,19,20,24). The monoisotopic (exact) mass is 402 g/mol. The average molecular weight is 402 g/mol. The summed E-state index contributed by atoms with van der Waals surface area (Å²) in [6, 6.07) is 3.37. The fraction of sp³-hybridized carbons (Fsp3) is 0.353. The molecule has 10 nitrogen and oxygen atoms in total. The second kappa shape index (κ2) is 7.43. The smallest absolute Gasteiger partial charge is 0.381 e. The number of anilines is 2. The second-order valence-electron chi connectivity index (χ2n) is 6.24. The topological polar surface area (TPSA) is 115 Å². The van der Waals surface area contributed by atoms with Crippen LogP contribution < -0.4 is 20.6 Å². The molecular formula is C17H18N6O4S. The molecular weight excluding hydrogens is 384 g/mol. The summed E-state index contributed by atoms with van der Waals surface area (Å²) in [5.74, 6) is -0.592. The summed E-state index contributed by atoms with van der Waals surface area (Å²) in [6.45, 7) is 3.48. The molecule has 0 saturated carbocycles. The first-order valence-corrected chi connectivity index (χ1v) is 9.51. The van der Waals surface area contributed by atoms with E-state index in [-0.39, 0.29) is 16.6 Å². The van der Waals surface area contributed by atoms with Gasteiger partial charge in [0.25, 0.3) is 5.91 Å². The van der Waals surface area contributed by atoms with Crippen molar-refractivity contribution in [2.24, 2.45) is 0 Å². The Morgan fingerprint density at radius 2 is 2.11 bits per heavy atom. The van der Waals surface area contributed by atoms with Gasteiger partial charge in [0, 0.05) is 31.0 Å². The van der Waals surface area contributed by atoms with Gasteiger partial charge in [-0.25, -0.2) is 9.48 Å². The second-order valence-corrected chi connectivity index (χ2v) is 7.20. The molecule has 3 aromatic heterocycles. The van der Waals surface area contributed by atoms with Gasteiger partial charge in [0.1, 0.15) is 0 Å². The Morgan fingerprint density at radius 3 is 2.79 bits per heavy atom. The number of carbonyl (C=O) groups is 1. The molecule has 0 bridgehead atoms. The number of aromatic nitrogens is 4. The number of amides is 1. The van der Waals surface area contributed by atoms with Gasteiger partial charge in [-0.1, -0.05) is 11.3 Å². The molecule has 146 valence electrons. The van der Waals surface area contributed by atoms with Gasteiger partial charge in [-0.05, 0) is 25.8 Å². The van der Waals surface area contributed by atoms with E-state index in [1.165, 1.54) is 13.2 Å². The Hall–Kier alpha value is -3.21. The van der Waals surface area contributed by atoms with Crippen LogP contribution in [0.15, 0.2) is 27.5 Å². The zero-order valence-electron chi connectivity index (χ0n) is 15.3. The lowest BCUT2D eigenvalue weighted by Gasteiger charge is -2.19. The van der Waals surface area contributed by atoms with Crippen LogP contribution in [0.25, 0.3) is 5.13 Å². The van der Waals surface area contributed by atoms with Gasteiger partial charge in [0.2, 0.25) is 16.0 Å². The van der Waals surface area contributed by atoms with Crippen LogP contribution in [0.1, 0.15) is 29.1 Å². The van der Waals surface area contributed by atoms with E-state index in [2.05, 4.69) is 20.6 Å². The van der Waals surface area contributed by atoms with Crippen molar-refractivity contribution < 1.29 is 13.9 Å². The first kappa shape index (κ1) is 18.2. The van der Waals surface area contributed by atoms with Crippen molar-refractivity contribution in [2.45, 2.75) is 19.8 Å². The number of nitrogens with one attached hydrogen (secondary N) is 1. The van der Waals surface area contributed by atoms with Gasteiger partial charge in [-0.3, -0.25) is 10.1 Å². The third kappa shape index (κ3) is 3.36. The normalized spacial score (nSPS) is 13.7. The summed E-state index contributed by atoms with van der Waals surface area (Å²) < 4.78 is 12.0. The Labute approximate surface area is 163 Å².